The first kappa shape index (κ1) is 12.6. The number of rotatable bonds is 7. The molecule has 0 saturated heterocycles. The summed E-state index contributed by atoms with van der Waals surface area (Å²) in [4.78, 5) is 0. The van der Waals surface area contributed by atoms with Gasteiger partial charge in [-0.3, -0.25) is 0 Å². The van der Waals surface area contributed by atoms with E-state index in [9.17, 15) is 0 Å². The Morgan fingerprint density at radius 2 is 2.00 bits per heavy atom. The smallest absolute Gasteiger partial charge is 0.119 e. The second-order valence-electron chi connectivity index (χ2n) is 3.81. The van der Waals surface area contributed by atoms with Crippen molar-refractivity contribution in [2.45, 2.75) is 31.7 Å². The monoisotopic (exact) mass is 217 g/mol. The number of unbranched alkanes of at least 4 members (excludes halogenated alkanes) is 1. The van der Waals surface area contributed by atoms with Crippen LogP contribution in [0.4, 0.5) is 0 Å². The van der Waals surface area contributed by atoms with Crippen LogP contribution in [0.1, 0.15) is 25.7 Å². The highest BCUT2D eigenvalue weighted by Gasteiger charge is 2.02. The molecule has 0 bridgehead atoms. The number of para-hydroxylation sites is 1. The van der Waals surface area contributed by atoms with Crippen LogP contribution in [0, 0.1) is 12.3 Å². The summed E-state index contributed by atoms with van der Waals surface area (Å²) in [6.07, 6.45) is 8.84. The average molecular weight is 217 g/mol. The van der Waals surface area contributed by atoms with E-state index in [4.69, 9.17) is 16.9 Å². The SMILES string of the molecule is C#CCCCC(N)CCOc1ccccc1. The molecule has 0 heterocycles. The molecule has 0 amide bonds. The van der Waals surface area contributed by atoms with E-state index >= 15 is 0 Å². The molecule has 1 aromatic carbocycles. The fourth-order valence-corrected chi connectivity index (χ4v) is 1.46. The zero-order valence-corrected chi connectivity index (χ0v) is 9.56. The molecule has 1 aromatic rings. The van der Waals surface area contributed by atoms with Gasteiger partial charge in [0.2, 0.25) is 0 Å². The summed E-state index contributed by atoms with van der Waals surface area (Å²) < 4.78 is 5.56. The molecule has 0 aromatic heterocycles. The van der Waals surface area contributed by atoms with Gasteiger partial charge in [0.1, 0.15) is 5.75 Å². The van der Waals surface area contributed by atoms with Crippen molar-refractivity contribution in [3.05, 3.63) is 30.3 Å². The molecule has 2 heteroatoms. The second kappa shape index (κ2) is 7.78. The Balaban J connectivity index is 2.09. The van der Waals surface area contributed by atoms with Crippen molar-refractivity contribution in [1.82, 2.24) is 0 Å². The Kier molecular flexibility index (Phi) is 6.13. The molecule has 1 atom stereocenters. The average Bonchev–Trinajstić information content (AvgIpc) is 2.31. The summed E-state index contributed by atoms with van der Waals surface area (Å²) in [7, 11) is 0. The van der Waals surface area contributed by atoms with E-state index in [0.29, 0.717) is 6.61 Å². The molecule has 2 N–H and O–H groups in total. The van der Waals surface area contributed by atoms with Crippen molar-refractivity contribution < 1.29 is 4.74 Å². The standard InChI is InChI=1S/C14H19NO/c1-2-3-5-8-13(15)11-12-16-14-9-6-4-7-10-14/h1,4,6-7,9-10,13H,3,5,8,11-12,15H2. The highest BCUT2D eigenvalue weighted by molar-refractivity contribution is 5.20. The van der Waals surface area contributed by atoms with E-state index in [2.05, 4.69) is 5.92 Å². The van der Waals surface area contributed by atoms with Crippen molar-refractivity contribution in [1.29, 1.82) is 0 Å². The molecule has 0 saturated carbocycles. The molecule has 86 valence electrons. The van der Waals surface area contributed by atoms with Crippen LogP contribution in [0.25, 0.3) is 0 Å². The van der Waals surface area contributed by atoms with E-state index in [0.717, 1.165) is 31.4 Å². The number of nitrogens with two attached hydrogens (primary N) is 1. The van der Waals surface area contributed by atoms with Crippen molar-refractivity contribution in [2.24, 2.45) is 5.73 Å². The third-order valence-corrected chi connectivity index (χ3v) is 2.40. The lowest BCUT2D eigenvalue weighted by Crippen LogP contribution is -2.22. The predicted octanol–water partition coefficient (Wildman–Crippen LogP) is 2.59. The zero-order valence-electron chi connectivity index (χ0n) is 9.56. The lowest BCUT2D eigenvalue weighted by Gasteiger charge is -2.11. The van der Waals surface area contributed by atoms with Gasteiger partial charge in [0.05, 0.1) is 6.61 Å². The van der Waals surface area contributed by atoms with Gasteiger partial charge in [-0.05, 0) is 31.4 Å². The number of benzene rings is 1. The van der Waals surface area contributed by atoms with Crippen LogP contribution in [-0.4, -0.2) is 12.6 Å². The number of hydrogen-bond acceptors (Lipinski definition) is 2. The Labute approximate surface area is 97.8 Å². The van der Waals surface area contributed by atoms with E-state index < -0.39 is 0 Å². The fraction of sp³-hybridized carbons (Fsp3) is 0.429. The van der Waals surface area contributed by atoms with Gasteiger partial charge in [0, 0.05) is 12.5 Å². The van der Waals surface area contributed by atoms with Gasteiger partial charge < -0.3 is 10.5 Å². The Hall–Kier alpha value is -1.46. The maximum Gasteiger partial charge on any atom is 0.119 e. The predicted molar refractivity (Wildman–Crippen MR) is 67.2 cm³/mol. The van der Waals surface area contributed by atoms with Crippen molar-refractivity contribution in [2.75, 3.05) is 6.61 Å². The third kappa shape index (κ3) is 5.43. The Morgan fingerprint density at radius 1 is 1.25 bits per heavy atom. The number of terminal acetylenes is 1. The first-order chi connectivity index (χ1) is 7.83. The quantitative estimate of drug-likeness (QED) is 0.563. The summed E-state index contributed by atoms with van der Waals surface area (Å²) in [6.45, 7) is 0.668. The van der Waals surface area contributed by atoms with E-state index in [1.54, 1.807) is 0 Å². The summed E-state index contributed by atoms with van der Waals surface area (Å²) >= 11 is 0. The summed E-state index contributed by atoms with van der Waals surface area (Å²) in [5, 5.41) is 0. The van der Waals surface area contributed by atoms with Crippen LogP contribution < -0.4 is 10.5 Å². The minimum atomic E-state index is 0.192. The van der Waals surface area contributed by atoms with E-state index in [1.165, 1.54) is 0 Å². The van der Waals surface area contributed by atoms with Gasteiger partial charge in [-0.15, -0.1) is 12.3 Å². The first-order valence-corrected chi connectivity index (χ1v) is 5.70. The minimum absolute atomic E-state index is 0.192. The molecular weight excluding hydrogens is 198 g/mol. The third-order valence-electron chi connectivity index (χ3n) is 2.40. The largest absolute Gasteiger partial charge is 0.494 e. The molecule has 0 fully saturated rings. The fourth-order valence-electron chi connectivity index (χ4n) is 1.46. The zero-order chi connectivity index (χ0) is 11.6. The van der Waals surface area contributed by atoms with Gasteiger partial charge in [-0.25, -0.2) is 0 Å². The number of hydrogen-bond donors (Lipinski definition) is 1. The van der Waals surface area contributed by atoms with Crippen molar-refractivity contribution in [3.63, 3.8) is 0 Å². The molecule has 0 aliphatic heterocycles. The van der Waals surface area contributed by atoms with Crippen LogP contribution in [0.2, 0.25) is 0 Å². The molecule has 16 heavy (non-hydrogen) atoms. The summed E-state index contributed by atoms with van der Waals surface area (Å²) in [6, 6.07) is 9.98. The highest BCUT2D eigenvalue weighted by atomic mass is 16.5. The maximum atomic E-state index is 5.93. The van der Waals surface area contributed by atoms with E-state index in [-0.39, 0.29) is 6.04 Å². The van der Waals surface area contributed by atoms with Gasteiger partial charge in [0.25, 0.3) is 0 Å². The number of ether oxygens (including phenoxy) is 1. The topological polar surface area (TPSA) is 35.2 Å². The van der Waals surface area contributed by atoms with Gasteiger partial charge in [0.15, 0.2) is 0 Å². The minimum Gasteiger partial charge on any atom is -0.494 e. The molecule has 1 unspecified atom stereocenters. The molecule has 0 radical (unpaired) electrons. The molecular formula is C14H19NO. The van der Waals surface area contributed by atoms with Crippen LogP contribution in [-0.2, 0) is 0 Å². The highest BCUT2D eigenvalue weighted by Crippen LogP contribution is 2.09. The van der Waals surface area contributed by atoms with E-state index in [1.807, 2.05) is 30.3 Å². The Bertz CT molecular complexity index is 315. The van der Waals surface area contributed by atoms with Crippen LogP contribution >= 0.6 is 0 Å². The second-order valence-corrected chi connectivity index (χ2v) is 3.81. The van der Waals surface area contributed by atoms with Gasteiger partial charge >= 0.3 is 0 Å². The van der Waals surface area contributed by atoms with Gasteiger partial charge in [-0.1, -0.05) is 18.2 Å². The molecule has 1 rings (SSSR count). The maximum absolute atomic E-state index is 5.93. The van der Waals surface area contributed by atoms with Crippen LogP contribution in [0.15, 0.2) is 30.3 Å². The molecule has 0 aliphatic rings. The van der Waals surface area contributed by atoms with Crippen molar-refractivity contribution in [3.8, 4) is 18.1 Å². The molecule has 0 spiro atoms. The van der Waals surface area contributed by atoms with Crippen LogP contribution in [0.3, 0.4) is 0 Å². The Morgan fingerprint density at radius 3 is 2.69 bits per heavy atom. The first-order valence-electron chi connectivity index (χ1n) is 5.70. The van der Waals surface area contributed by atoms with Crippen LogP contribution in [0.5, 0.6) is 5.75 Å². The summed E-state index contributed by atoms with van der Waals surface area (Å²) in [5.41, 5.74) is 5.93. The van der Waals surface area contributed by atoms with Gasteiger partial charge in [-0.2, -0.15) is 0 Å². The summed E-state index contributed by atoms with van der Waals surface area (Å²) in [5.74, 6) is 3.52. The molecule has 0 aliphatic carbocycles. The normalized spacial score (nSPS) is 11.8. The molecule has 2 nitrogen and oxygen atoms in total. The lowest BCUT2D eigenvalue weighted by molar-refractivity contribution is 0.294. The van der Waals surface area contributed by atoms with Crippen molar-refractivity contribution >= 4 is 0 Å². The lowest BCUT2D eigenvalue weighted by atomic mass is 10.1.